The molecule has 0 atom stereocenters. The van der Waals surface area contributed by atoms with Crippen molar-refractivity contribution < 1.29 is 4.42 Å². The first-order valence-corrected chi connectivity index (χ1v) is 22.9. The molecule has 3 heteroatoms. The lowest BCUT2D eigenvalue weighted by atomic mass is 9.98. The normalized spacial score (nSPS) is 11.6. The number of nitrogens with zero attached hydrogens (tertiary/aromatic N) is 2. The molecule has 2 heterocycles. The molecule has 11 aromatic carbocycles. The molecule has 2 aromatic heterocycles. The van der Waals surface area contributed by atoms with Gasteiger partial charge in [0.25, 0.3) is 0 Å². The van der Waals surface area contributed by atoms with Crippen LogP contribution in [0.25, 0.3) is 105 Å². The molecule has 3 nitrogen and oxygen atoms in total. The van der Waals surface area contributed by atoms with Gasteiger partial charge in [-0.15, -0.1) is 0 Å². The molecular weight excluding hydrogens is 813 g/mol. The van der Waals surface area contributed by atoms with E-state index in [-0.39, 0.29) is 0 Å². The number of aromatic nitrogens is 1. The summed E-state index contributed by atoms with van der Waals surface area (Å²) in [5, 5.41) is 7.12. The maximum absolute atomic E-state index is 6.82. The molecule has 314 valence electrons. The summed E-state index contributed by atoms with van der Waals surface area (Å²) in [4.78, 5) is 2.34. The smallest absolute Gasteiger partial charge is 0.160 e. The minimum atomic E-state index is 0.863. The lowest BCUT2D eigenvalue weighted by molar-refractivity contribution is 0.669. The standard InChI is InChI=1S/C64H42N2O/c1-2-13-43(14-3-1)49-16-12-17-50(41-49)48-33-37-53(38-34-48)65(61-42-51-15-4-5-18-55(51)63-58-21-8-11-24-62(58)67-64(61)63)52-35-29-46(30-36-52)44-25-27-45(28-26-44)47-31-39-54(40-32-47)66-59-22-9-6-19-56(59)57-20-7-10-23-60(57)66/h1-42H. The fourth-order valence-corrected chi connectivity index (χ4v) is 10.1. The Labute approximate surface area is 388 Å². The molecule has 0 spiro atoms. The first-order valence-electron chi connectivity index (χ1n) is 22.9. The lowest BCUT2D eigenvalue weighted by Crippen LogP contribution is -2.10. The highest BCUT2D eigenvalue weighted by Crippen LogP contribution is 2.46. The highest BCUT2D eigenvalue weighted by Gasteiger charge is 2.22. The van der Waals surface area contributed by atoms with Crippen LogP contribution in [0.4, 0.5) is 17.1 Å². The largest absolute Gasteiger partial charge is 0.454 e. The molecule has 0 bridgehead atoms. The second-order valence-electron chi connectivity index (χ2n) is 17.3. The second kappa shape index (κ2) is 16.0. The summed E-state index contributed by atoms with van der Waals surface area (Å²) >= 11 is 0. The first-order chi connectivity index (χ1) is 33.2. The van der Waals surface area contributed by atoms with Crippen molar-refractivity contribution in [3.05, 3.63) is 255 Å². The predicted molar refractivity (Wildman–Crippen MR) is 282 cm³/mol. The molecule has 0 saturated heterocycles. The number of hydrogen-bond donors (Lipinski definition) is 0. The molecule has 0 aliphatic carbocycles. The lowest BCUT2D eigenvalue weighted by Gasteiger charge is -2.26. The molecule has 0 unspecified atom stereocenters. The van der Waals surface area contributed by atoms with Gasteiger partial charge in [0.1, 0.15) is 5.58 Å². The first kappa shape index (κ1) is 38.5. The van der Waals surface area contributed by atoms with E-state index in [1.807, 2.05) is 6.07 Å². The van der Waals surface area contributed by atoms with Gasteiger partial charge in [0, 0.05) is 38.6 Å². The summed E-state index contributed by atoms with van der Waals surface area (Å²) in [7, 11) is 0. The Morgan fingerprint density at radius 3 is 1.34 bits per heavy atom. The molecule has 0 amide bonds. The molecule has 13 rings (SSSR count). The maximum Gasteiger partial charge on any atom is 0.160 e. The van der Waals surface area contributed by atoms with Crippen molar-refractivity contribution >= 4 is 71.6 Å². The summed E-state index contributed by atoms with van der Waals surface area (Å²) in [6.07, 6.45) is 0. The molecule has 0 radical (unpaired) electrons. The predicted octanol–water partition coefficient (Wildman–Crippen LogP) is 18.0. The van der Waals surface area contributed by atoms with E-state index >= 15 is 0 Å². The number of furan rings is 1. The number of anilines is 3. The Morgan fingerprint density at radius 2 is 0.746 bits per heavy atom. The van der Waals surface area contributed by atoms with Gasteiger partial charge >= 0.3 is 0 Å². The SMILES string of the molecule is c1ccc(-c2cccc(-c3ccc(N(c4ccc(-c5ccc(-c6ccc(-n7c8ccccc8c8ccccc87)cc6)cc5)cc4)c4cc5ccccc5c5c4oc4ccccc45)cc3)c2)cc1. The van der Waals surface area contributed by atoms with Crippen LogP contribution in [-0.2, 0) is 0 Å². The van der Waals surface area contributed by atoms with Crippen molar-refractivity contribution in [1.29, 1.82) is 0 Å². The summed E-state index contributed by atoms with van der Waals surface area (Å²) in [6.45, 7) is 0. The van der Waals surface area contributed by atoms with Crippen LogP contribution in [0.5, 0.6) is 0 Å². The van der Waals surface area contributed by atoms with Crippen LogP contribution in [0.3, 0.4) is 0 Å². The fourth-order valence-electron chi connectivity index (χ4n) is 10.1. The number of para-hydroxylation sites is 3. The van der Waals surface area contributed by atoms with Crippen LogP contribution in [0.1, 0.15) is 0 Å². The number of hydrogen-bond acceptors (Lipinski definition) is 2. The Bertz CT molecular complexity index is 3880. The van der Waals surface area contributed by atoms with Gasteiger partial charge in [0.2, 0.25) is 0 Å². The average molecular weight is 855 g/mol. The minimum Gasteiger partial charge on any atom is -0.454 e. The summed E-state index contributed by atoms with van der Waals surface area (Å²) in [5.41, 5.74) is 17.8. The van der Waals surface area contributed by atoms with Gasteiger partial charge in [-0.25, -0.2) is 0 Å². The van der Waals surface area contributed by atoms with Crippen LogP contribution in [-0.4, -0.2) is 4.57 Å². The van der Waals surface area contributed by atoms with E-state index in [9.17, 15) is 0 Å². The molecule has 0 saturated carbocycles. The van der Waals surface area contributed by atoms with Crippen molar-refractivity contribution in [2.24, 2.45) is 0 Å². The van der Waals surface area contributed by atoms with Gasteiger partial charge in [-0.3, -0.25) is 0 Å². The van der Waals surface area contributed by atoms with Gasteiger partial charge in [-0.1, -0.05) is 188 Å². The molecular formula is C64H42N2O. The molecule has 0 N–H and O–H groups in total. The van der Waals surface area contributed by atoms with Crippen LogP contribution in [0.2, 0.25) is 0 Å². The third kappa shape index (κ3) is 6.67. The zero-order valence-corrected chi connectivity index (χ0v) is 36.6. The summed E-state index contributed by atoms with van der Waals surface area (Å²) < 4.78 is 9.18. The Balaban J connectivity index is 0.857. The van der Waals surface area contributed by atoms with Crippen molar-refractivity contribution in [2.75, 3.05) is 4.90 Å². The van der Waals surface area contributed by atoms with Crippen molar-refractivity contribution in [3.63, 3.8) is 0 Å². The monoisotopic (exact) mass is 854 g/mol. The topological polar surface area (TPSA) is 21.3 Å². The fraction of sp³-hybridized carbons (Fsp3) is 0. The van der Waals surface area contributed by atoms with E-state index in [0.717, 1.165) is 66.8 Å². The number of benzene rings is 11. The Morgan fingerprint density at radius 1 is 0.313 bits per heavy atom. The van der Waals surface area contributed by atoms with E-state index in [1.54, 1.807) is 0 Å². The van der Waals surface area contributed by atoms with Crippen molar-refractivity contribution in [1.82, 2.24) is 4.57 Å². The third-order valence-electron chi connectivity index (χ3n) is 13.4. The number of fused-ring (bicyclic) bond motifs is 8. The molecule has 0 aliphatic heterocycles. The summed E-state index contributed by atoms with van der Waals surface area (Å²) in [6, 6.07) is 91.7. The van der Waals surface area contributed by atoms with E-state index < -0.39 is 0 Å². The quantitative estimate of drug-likeness (QED) is 0.152. The van der Waals surface area contributed by atoms with Crippen LogP contribution in [0.15, 0.2) is 259 Å². The van der Waals surface area contributed by atoms with E-state index in [4.69, 9.17) is 4.42 Å². The Kier molecular flexibility index (Phi) is 9.17. The zero-order chi connectivity index (χ0) is 44.3. The third-order valence-corrected chi connectivity index (χ3v) is 13.4. The Hall–Kier alpha value is -8.92. The minimum absolute atomic E-state index is 0.863. The molecule has 0 fully saturated rings. The van der Waals surface area contributed by atoms with Crippen LogP contribution >= 0.6 is 0 Å². The molecule has 67 heavy (non-hydrogen) atoms. The molecule has 13 aromatic rings. The van der Waals surface area contributed by atoms with Crippen LogP contribution in [0, 0.1) is 0 Å². The zero-order valence-electron chi connectivity index (χ0n) is 36.6. The summed E-state index contributed by atoms with van der Waals surface area (Å²) in [5.74, 6) is 0. The van der Waals surface area contributed by atoms with Crippen molar-refractivity contribution in [3.8, 4) is 50.2 Å². The van der Waals surface area contributed by atoms with E-state index in [0.29, 0.717) is 0 Å². The van der Waals surface area contributed by atoms with Gasteiger partial charge in [-0.05, 0) is 122 Å². The van der Waals surface area contributed by atoms with E-state index in [1.165, 1.54) is 55.0 Å². The van der Waals surface area contributed by atoms with Gasteiger partial charge in [-0.2, -0.15) is 0 Å². The van der Waals surface area contributed by atoms with Gasteiger partial charge in [0.05, 0.1) is 16.7 Å². The maximum atomic E-state index is 6.82. The van der Waals surface area contributed by atoms with Crippen molar-refractivity contribution in [2.45, 2.75) is 0 Å². The van der Waals surface area contributed by atoms with E-state index in [2.05, 4.69) is 258 Å². The molecule has 0 aliphatic rings. The van der Waals surface area contributed by atoms with Gasteiger partial charge in [0.15, 0.2) is 5.58 Å². The van der Waals surface area contributed by atoms with Crippen LogP contribution < -0.4 is 4.90 Å². The van der Waals surface area contributed by atoms with Gasteiger partial charge < -0.3 is 13.9 Å². The highest BCUT2D eigenvalue weighted by molar-refractivity contribution is 6.23. The highest BCUT2D eigenvalue weighted by atomic mass is 16.3. The number of rotatable bonds is 8. The average Bonchev–Trinajstić information content (AvgIpc) is 3.97. The second-order valence-corrected chi connectivity index (χ2v) is 17.3.